The molecule has 2 rings (SSSR count). The third-order valence-electron chi connectivity index (χ3n) is 5.17. The summed E-state index contributed by atoms with van der Waals surface area (Å²) in [5.41, 5.74) is 0.858. The number of amides is 4. The molecule has 1 saturated carbocycles. The second-order valence-electron chi connectivity index (χ2n) is 9.40. The number of hydrogen-bond donors (Lipinski definition) is 3. The van der Waals surface area contributed by atoms with Gasteiger partial charge < -0.3 is 25.6 Å². The van der Waals surface area contributed by atoms with E-state index < -0.39 is 35.6 Å². The molecule has 1 aliphatic rings. The summed E-state index contributed by atoms with van der Waals surface area (Å²) in [5.74, 6) is -1.93. The van der Waals surface area contributed by atoms with Gasteiger partial charge in [0.05, 0.1) is 6.04 Å². The number of anilines is 1. The van der Waals surface area contributed by atoms with Crippen molar-refractivity contribution >= 4 is 29.5 Å². The van der Waals surface area contributed by atoms with E-state index in [0.29, 0.717) is 24.9 Å². The van der Waals surface area contributed by atoms with Gasteiger partial charge in [-0.15, -0.1) is 0 Å². The van der Waals surface area contributed by atoms with Crippen LogP contribution in [0.2, 0.25) is 0 Å². The number of nitrogens with one attached hydrogen (secondary N) is 3. The first-order chi connectivity index (χ1) is 14.9. The molecule has 3 N–H and O–H groups in total. The van der Waals surface area contributed by atoms with Gasteiger partial charge in [0.1, 0.15) is 5.60 Å². The van der Waals surface area contributed by atoms with Crippen LogP contribution < -0.4 is 16.0 Å². The van der Waals surface area contributed by atoms with Crippen LogP contribution in [0.4, 0.5) is 10.5 Å². The maximum absolute atomic E-state index is 12.5. The van der Waals surface area contributed by atoms with Crippen molar-refractivity contribution in [2.75, 3.05) is 19.4 Å². The molecular formula is C23H34N4O5. The van der Waals surface area contributed by atoms with Gasteiger partial charge in [-0.25, -0.2) is 4.79 Å². The molecule has 0 radical (unpaired) electrons. The average Bonchev–Trinajstić information content (AvgIpc) is 2.68. The molecule has 1 aliphatic carbocycles. The van der Waals surface area contributed by atoms with Gasteiger partial charge in [0.25, 0.3) is 0 Å². The number of carbonyl (C=O) groups is 4. The number of alkyl carbamates (subject to hydrolysis) is 1. The molecule has 0 heterocycles. The van der Waals surface area contributed by atoms with Crippen molar-refractivity contribution in [3.63, 3.8) is 0 Å². The number of rotatable bonds is 4. The Morgan fingerprint density at radius 1 is 0.938 bits per heavy atom. The number of ether oxygens (including phenoxy) is 1. The van der Waals surface area contributed by atoms with Crippen LogP contribution >= 0.6 is 0 Å². The lowest BCUT2D eigenvalue weighted by Gasteiger charge is -2.37. The zero-order valence-electron chi connectivity index (χ0n) is 19.7. The molecular weight excluding hydrogens is 412 g/mol. The maximum Gasteiger partial charge on any atom is 0.407 e. The largest absolute Gasteiger partial charge is 0.444 e. The van der Waals surface area contributed by atoms with Crippen molar-refractivity contribution in [1.82, 2.24) is 15.5 Å². The van der Waals surface area contributed by atoms with Gasteiger partial charge in [-0.1, -0.05) is 17.7 Å². The van der Waals surface area contributed by atoms with E-state index in [1.165, 1.54) is 4.90 Å². The van der Waals surface area contributed by atoms with Gasteiger partial charge in [-0.2, -0.15) is 0 Å². The van der Waals surface area contributed by atoms with Crippen LogP contribution in [-0.4, -0.2) is 60.5 Å². The van der Waals surface area contributed by atoms with Crippen molar-refractivity contribution in [3.8, 4) is 0 Å². The summed E-state index contributed by atoms with van der Waals surface area (Å²) < 4.78 is 5.34. The Kier molecular flexibility index (Phi) is 8.24. The Bertz CT molecular complexity index is 845. The van der Waals surface area contributed by atoms with E-state index in [9.17, 15) is 19.2 Å². The van der Waals surface area contributed by atoms with Crippen LogP contribution in [0.25, 0.3) is 0 Å². The lowest BCUT2D eigenvalue weighted by molar-refractivity contribution is -0.137. The number of hydrogen-bond acceptors (Lipinski definition) is 5. The lowest BCUT2D eigenvalue weighted by atomic mass is 9.81. The summed E-state index contributed by atoms with van der Waals surface area (Å²) in [4.78, 5) is 51.2. The highest BCUT2D eigenvalue weighted by atomic mass is 16.6. The van der Waals surface area contributed by atoms with Crippen molar-refractivity contribution in [3.05, 3.63) is 29.8 Å². The third-order valence-corrected chi connectivity index (χ3v) is 5.17. The van der Waals surface area contributed by atoms with Gasteiger partial charge >= 0.3 is 17.9 Å². The predicted molar refractivity (Wildman–Crippen MR) is 121 cm³/mol. The van der Waals surface area contributed by atoms with Gasteiger partial charge in [0.2, 0.25) is 5.91 Å². The highest BCUT2D eigenvalue weighted by molar-refractivity contribution is 6.39. The van der Waals surface area contributed by atoms with E-state index in [4.69, 9.17) is 4.74 Å². The van der Waals surface area contributed by atoms with E-state index in [2.05, 4.69) is 16.0 Å². The minimum atomic E-state index is -0.802. The van der Waals surface area contributed by atoms with E-state index >= 15 is 0 Å². The number of carbonyl (C=O) groups excluding carboxylic acids is 4. The van der Waals surface area contributed by atoms with E-state index in [1.807, 2.05) is 19.1 Å². The van der Waals surface area contributed by atoms with Crippen molar-refractivity contribution < 1.29 is 23.9 Å². The molecule has 4 amide bonds. The molecule has 1 aromatic rings. The monoisotopic (exact) mass is 446 g/mol. The molecule has 3 atom stereocenters. The van der Waals surface area contributed by atoms with Gasteiger partial charge in [-0.3, -0.25) is 14.4 Å². The Balaban J connectivity index is 2.07. The molecule has 0 aromatic heterocycles. The molecule has 0 saturated heterocycles. The molecule has 1 fully saturated rings. The quantitative estimate of drug-likeness (QED) is 0.613. The molecule has 32 heavy (non-hydrogen) atoms. The number of aryl methyl sites for hydroxylation is 1. The third kappa shape index (κ3) is 7.55. The van der Waals surface area contributed by atoms with E-state index in [-0.39, 0.29) is 11.8 Å². The first kappa shape index (κ1) is 25.2. The van der Waals surface area contributed by atoms with Crippen LogP contribution in [0.1, 0.15) is 45.6 Å². The molecule has 9 heteroatoms. The maximum atomic E-state index is 12.5. The van der Waals surface area contributed by atoms with Gasteiger partial charge in [-0.05, 0) is 59.1 Å². The summed E-state index contributed by atoms with van der Waals surface area (Å²) in [7, 11) is 3.36. The topological polar surface area (TPSA) is 117 Å². The fourth-order valence-corrected chi connectivity index (χ4v) is 3.61. The molecule has 176 valence electrons. The smallest absolute Gasteiger partial charge is 0.407 e. The molecule has 0 spiro atoms. The summed E-state index contributed by atoms with van der Waals surface area (Å²) in [6, 6.07) is 6.03. The summed E-state index contributed by atoms with van der Waals surface area (Å²) in [6.07, 6.45) is 0.673. The standard InChI is InChI=1S/C23H34N4O5/c1-14-7-10-16(11-8-14)24-19(28)20(29)25-17-12-9-15(21(30)27(5)6)13-18(17)26-22(31)32-23(2,3)4/h7-8,10-11,15,17-18H,9,12-13H2,1-6H3,(H,24,28)(H,25,29)(H,26,31)/t15-,17-,18+/m0/s1. The highest BCUT2D eigenvalue weighted by Crippen LogP contribution is 2.27. The molecule has 0 unspecified atom stereocenters. The Hall–Kier alpha value is -3.10. The minimum Gasteiger partial charge on any atom is -0.444 e. The van der Waals surface area contributed by atoms with Gasteiger partial charge in [0.15, 0.2) is 0 Å². The normalized spacial score (nSPS) is 20.6. The van der Waals surface area contributed by atoms with E-state index in [0.717, 1.165) is 5.56 Å². The summed E-state index contributed by atoms with van der Waals surface area (Å²) in [5, 5.41) is 8.05. The fraction of sp³-hybridized carbons (Fsp3) is 0.565. The zero-order valence-corrected chi connectivity index (χ0v) is 19.7. The Morgan fingerprint density at radius 2 is 1.56 bits per heavy atom. The van der Waals surface area contributed by atoms with Crippen LogP contribution in [-0.2, 0) is 19.1 Å². The number of nitrogens with zero attached hydrogens (tertiary/aromatic N) is 1. The van der Waals surface area contributed by atoms with Crippen LogP contribution in [0.15, 0.2) is 24.3 Å². The summed E-state index contributed by atoms with van der Waals surface area (Å²) >= 11 is 0. The average molecular weight is 447 g/mol. The van der Waals surface area contributed by atoms with Crippen LogP contribution in [0.3, 0.4) is 0 Å². The van der Waals surface area contributed by atoms with Gasteiger partial charge in [0, 0.05) is 31.7 Å². The second kappa shape index (κ2) is 10.5. The predicted octanol–water partition coefficient (Wildman–Crippen LogP) is 2.20. The lowest BCUT2D eigenvalue weighted by Crippen LogP contribution is -2.57. The van der Waals surface area contributed by atoms with Crippen LogP contribution in [0, 0.1) is 12.8 Å². The molecule has 0 bridgehead atoms. The fourth-order valence-electron chi connectivity index (χ4n) is 3.61. The Morgan fingerprint density at radius 3 is 2.12 bits per heavy atom. The van der Waals surface area contributed by atoms with Crippen molar-refractivity contribution in [2.24, 2.45) is 5.92 Å². The van der Waals surface area contributed by atoms with E-state index in [1.54, 1.807) is 47.0 Å². The second-order valence-corrected chi connectivity index (χ2v) is 9.40. The van der Waals surface area contributed by atoms with Crippen LogP contribution in [0.5, 0.6) is 0 Å². The molecule has 9 nitrogen and oxygen atoms in total. The van der Waals surface area contributed by atoms with Crippen molar-refractivity contribution in [2.45, 2.75) is 64.6 Å². The SMILES string of the molecule is Cc1ccc(NC(=O)C(=O)N[C@H]2CC[C@H](C(=O)N(C)C)C[C@H]2NC(=O)OC(C)(C)C)cc1. The first-order valence-corrected chi connectivity index (χ1v) is 10.7. The number of benzene rings is 1. The Labute approximate surface area is 189 Å². The first-order valence-electron chi connectivity index (χ1n) is 10.7. The summed E-state index contributed by atoms with van der Waals surface area (Å²) in [6.45, 7) is 7.18. The minimum absolute atomic E-state index is 0.0390. The zero-order chi connectivity index (χ0) is 24.1. The van der Waals surface area contributed by atoms with Crippen molar-refractivity contribution in [1.29, 1.82) is 0 Å². The molecule has 0 aliphatic heterocycles. The highest BCUT2D eigenvalue weighted by Gasteiger charge is 2.37. The molecule has 1 aromatic carbocycles.